The number of ether oxygens (including phenoxy) is 2. The van der Waals surface area contributed by atoms with Crippen molar-refractivity contribution in [3.8, 4) is 5.88 Å². The van der Waals surface area contributed by atoms with Crippen molar-refractivity contribution < 1.29 is 19.1 Å². The van der Waals surface area contributed by atoms with Gasteiger partial charge in [0, 0.05) is 45.3 Å². The van der Waals surface area contributed by atoms with Crippen molar-refractivity contribution >= 4 is 17.8 Å². The molecule has 2 fully saturated rings. The van der Waals surface area contributed by atoms with Crippen LogP contribution < -0.4 is 9.64 Å². The minimum absolute atomic E-state index is 0.0688. The second kappa shape index (κ2) is 8.84. The zero-order valence-corrected chi connectivity index (χ0v) is 17.8. The standard InChI is InChI=1S/C20H31N5O4/c1-20(2,3)29-19(27)24-12-10-23(11-13-24)18(26)15-6-5-9-25(14-15)16-7-8-17(28-4)22-21-16/h7-8,15H,5-6,9-14H2,1-4H3/t15-/m0/s1. The van der Waals surface area contributed by atoms with Gasteiger partial charge < -0.3 is 24.2 Å². The minimum atomic E-state index is -0.514. The topological polar surface area (TPSA) is 88.1 Å². The lowest BCUT2D eigenvalue weighted by atomic mass is 9.96. The van der Waals surface area contributed by atoms with E-state index in [1.807, 2.05) is 31.7 Å². The molecular weight excluding hydrogens is 374 g/mol. The highest BCUT2D eigenvalue weighted by molar-refractivity contribution is 5.80. The van der Waals surface area contributed by atoms with Gasteiger partial charge in [-0.05, 0) is 39.7 Å². The van der Waals surface area contributed by atoms with Gasteiger partial charge in [-0.1, -0.05) is 0 Å². The van der Waals surface area contributed by atoms with Gasteiger partial charge >= 0.3 is 6.09 Å². The van der Waals surface area contributed by atoms with Crippen molar-refractivity contribution in [1.29, 1.82) is 0 Å². The highest BCUT2D eigenvalue weighted by Crippen LogP contribution is 2.24. The molecule has 2 aliphatic rings. The number of aromatic nitrogens is 2. The van der Waals surface area contributed by atoms with Crippen molar-refractivity contribution in [3.63, 3.8) is 0 Å². The molecule has 29 heavy (non-hydrogen) atoms. The Morgan fingerprint density at radius 3 is 2.31 bits per heavy atom. The first-order valence-electron chi connectivity index (χ1n) is 10.2. The molecule has 0 N–H and O–H groups in total. The van der Waals surface area contributed by atoms with E-state index < -0.39 is 5.60 Å². The smallest absolute Gasteiger partial charge is 0.410 e. The molecular formula is C20H31N5O4. The van der Waals surface area contributed by atoms with Gasteiger partial charge in [0.05, 0.1) is 13.0 Å². The Balaban J connectivity index is 1.53. The number of carbonyl (C=O) groups is 2. The van der Waals surface area contributed by atoms with Crippen molar-refractivity contribution in [3.05, 3.63) is 12.1 Å². The third-order valence-corrected chi connectivity index (χ3v) is 5.17. The molecule has 3 rings (SSSR count). The fourth-order valence-corrected chi connectivity index (χ4v) is 3.67. The molecule has 2 aliphatic heterocycles. The van der Waals surface area contributed by atoms with E-state index in [1.54, 1.807) is 18.1 Å². The number of anilines is 1. The molecule has 3 heterocycles. The van der Waals surface area contributed by atoms with Gasteiger partial charge in [0.1, 0.15) is 5.60 Å². The van der Waals surface area contributed by atoms with Gasteiger partial charge in [0.15, 0.2) is 5.82 Å². The summed E-state index contributed by atoms with van der Waals surface area (Å²) < 4.78 is 10.5. The predicted molar refractivity (Wildman–Crippen MR) is 108 cm³/mol. The van der Waals surface area contributed by atoms with Gasteiger partial charge in [-0.3, -0.25) is 4.79 Å². The first kappa shape index (κ1) is 21.1. The normalized spacial score (nSPS) is 20.4. The number of piperidine rings is 1. The maximum Gasteiger partial charge on any atom is 0.410 e. The highest BCUT2D eigenvalue weighted by Gasteiger charge is 2.33. The summed E-state index contributed by atoms with van der Waals surface area (Å²) in [6.07, 6.45) is 1.49. The third kappa shape index (κ3) is 5.48. The molecule has 0 radical (unpaired) electrons. The summed E-state index contributed by atoms with van der Waals surface area (Å²) in [6.45, 7) is 9.13. The number of nitrogens with zero attached hydrogens (tertiary/aromatic N) is 5. The van der Waals surface area contributed by atoms with Crippen molar-refractivity contribution in [2.45, 2.75) is 39.2 Å². The van der Waals surface area contributed by atoms with Crippen LogP contribution in [0.25, 0.3) is 0 Å². The second-order valence-corrected chi connectivity index (χ2v) is 8.51. The van der Waals surface area contributed by atoms with Gasteiger partial charge in [-0.2, -0.15) is 0 Å². The Bertz CT molecular complexity index is 711. The number of hydrogen-bond acceptors (Lipinski definition) is 7. The molecule has 0 spiro atoms. The Morgan fingerprint density at radius 2 is 1.72 bits per heavy atom. The Kier molecular flexibility index (Phi) is 6.44. The van der Waals surface area contributed by atoms with Gasteiger partial charge in [0.2, 0.25) is 11.8 Å². The molecule has 1 atom stereocenters. The summed E-state index contributed by atoms with van der Waals surface area (Å²) in [6, 6.07) is 3.65. The molecule has 0 aromatic carbocycles. The number of carbonyl (C=O) groups excluding carboxylic acids is 2. The van der Waals surface area contributed by atoms with E-state index >= 15 is 0 Å². The molecule has 2 saturated heterocycles. The van der Waals surface area contributed by atoms with Crippen molar-refractivity contribution in [1.82, 2.24) is 20.0 Å². The summed E-state index contributed by atoms with van der Waals surface area (Å²) in [7, 11) is 1.56. The Hall–Kier alpha value is -2.58. The SMILES string of the molecule is COc1ccc(N2CCC[C@H](C(=O)N3CCN(C(=O)OC(C)(C)C)CC3)C2)nn1. The van der Waals surface area contributed by atoms with Crippen molar-refractivity contribution in [2.24, 2.45) is 5.92 Å². The Labute approximate surface area is 171 Å². The van der Waals surface area contributed by atoms with Crippen LogP contribution in [-0.4, -0.2) is 84.0 Å². The molecule has 0 unspecified atom stereocenters. The van der Waals surface area contributed by atoms with E-state index in [4.69, 9.17) is 9.47 Å². The zero-order chi connectivity index (χ0) is 21.0. The molecule has 160 valence electrons. The summed E-state index contributed by atoms with van der Waals surface area (Å²) in [5.41, 5.74) is -0.514. The molecule has 9 nitrogen and oxygen atoms in total. The summed E-state index contributed by atoms with van der Waals surface area (Å²) in [5, 5.41) is 8.23. The van der Waals surface area contributed by atoms with E-state index in [9.17, 15) is 9.59 Å². The predicted octanol–water partition coefficient (Wildman–Crippen LogP) is 1.78. The Morgan fingerprint density at radius 1 is 1.03 bits per heavy atom. The molecule has 1 aromatic heterocycles. The molecule has 0 saturated carbocycles. The third-order valence-electron chi connectivity index (χ3n) is 5.17. The van der Waals surface area contributed by atoms with E-state index in [0.29, 0.717) is 38.6 Å². The van der Waals surface area contributed by atoms with Crippen LogP contribution in [-0.2, 0) is 9.53 Å². The number of hydrogen-bond donors (Lipinski definition) is 0. The first-order chi connectivity index (χ1) is 13.8. The summed E-state index contributed by atoms with van der Waals surface area (Å²) in [4.78, 5) is 30.9. The number of piperazine rings is 1. The molecule has 0 aliphatic carbocycles. The zero-order valence-electron chi connectivity index (χ0n) is 17.8. The van der Waals surface area contributed by atoms with Gasteiger partial charge in [-0.15, -0.1) is 10.2 Å². The van der Waals surface area contributed by atoms with E-state index in [0.717, 1.165) is 25.2 Å². The molecule has 2 amide bonds. The largest absolute Gasteiger partial charge is 0.480 e. The molecule has 0 bridgehead atoms. The fourth-order valence-electron chi connectivity index (χ4n) is 3.67. The van der Waals surface area contributed by atoms with Gasteiger partial charge in [-0.25, -0.2) is 4.79 Å². The average molecular weight is 405 g/mol. The van der Waals surface area contributed by atoms with Crippen LogP contribution in [0.5, 0.6) is 5.88 Å². The number of amides is 2. The van der Waals surface area contributed by atoms with E-state index in [-0.39, 0.29) is 17.9 Å². The lowest BCUT2D eigenvalue weighted by molar-refractivity contribution is -0.137. The van der Waals surface area contributed by atoms with Gasteiger partial charge in [0.25, 0.3) is 0 Å². The van der Waals surface area contributed by atoms with Crippen LogP contribution in [0.3, 0.4) is 0 Å². The van der Waals surface area contributed by atoms with E-state index in [1.165, 1.54) is 0 Å². The molecule has 1 aromatic rings. The minimum Gasteiger partial charge on any atom is -0.480 e. The van der Waals surface area contributed by atoms with Crippen LogP contribution in [0.1, 0.15) is 33.6 Å². The lowest BCUT2D eigenvalue weighted by Gasteiger charge is -2.39. The second-order valence-electron chi connectivity index (χ2n) is 8.51. The number of methoxy groups -OCH3 is 1. The maximum atomic E-state index is 13.0. The first-order valence-corrected chi connectivity index (χ1v) is 10.2. The molecule has 9 heteroatoms. The summed E-state index contributed by atoms with van der Waals surface area (Å²) >= 11 is 0. The van der Waals surface area contributed by atoms with Crippen LogP contribution in [0, 0.1) is 5.92 Å². The maximum absolute atomic E-state index is 13.0. The van der Waals surface area contributed by atoms with Crippen molar-refractivity contribution in [2.75, 3.05) is 51.3 Å². The monoisotopic (exact) mass is 405 g/mol. The summed E-state index contributed by atoms with van der Waals surface area (Å²) in [5.74, 6) is 1.32. The van der Waals surface area contributed by atoms with Crippen LogP contribution in [0.2, 0.25) is 0 Å². The van der Waals surface area contributed by atoms with E-state index in [2.05, 4.69) is 15.1 Å². The van der Waals surface area contributed by atoms with Crippen LogP contribution in [0.4, 0.5) is 10.6 Å². The average Bonchev–Trinajstić information content (AvgIpc) is 2.72. The fraction of sp³-hybridized carbons (Fsp3) is 0.700. The lowest BCUT2D eigenvalue weighted by Crippen LogP contribution is -2.54. The highest BCUT2D eigenvalue weighted by atomic mass is 16.6. The quantitative estimate of drug-likeness (QED) is 0.757. The van der Waals surface area contributed by atoms with Crippen LogP contribution >= 0.6 is 0 Å². The number of rotatable bonds is 3. The van der Waals surface area contributed by atoms with Crippen LogP contribution in [0.15, 0.2) is 12.1 Å².